The van der Waals surface area contributed by atoms with E-state index >= 15 is 0 Å². The van der Waals surface area contributed by atoms with E-state index in [-0.39, 0.29) is 6.61 Å². The summed E-state index contributed by atoms with van der Waals surface area (Å²) in [6.45, 7) is 6.33. The molecule has 0 aromatic heterocycles. The zero-order valence-corrected chi connectivity index (χ0v) is 12.9. The van der Waals surface area contributed by atoms with Crippen molar-refractivity contribution in [2.24, 2.45) is 5.92 Å². The van der Waals surface area contributed by atoms with E-state index in [0.29, 0.717) is 12.0 Å². The molecule has 0 saturated carbocycles. The number of likely N-dealkylation sites (N-methyl/N-ethyl adjacent to an activating group) is 1. The quantitative estimate of drug-likeness (QED) is 0.790. The van der Waals surface area contributed by atoms with Crippen LogP contribution in [0.25, 0.3) is 0 Å². The van der Waals surface area contributed by atoms with Crippen molar-refractivity contribution in [3.05, 3.63) is 29.8 Å². The molecule has 0 aliphatic carbocycles. The van der Waals surface area contributed by atoms with Crippen LogP contribution in [0.3, 0.4) is 0 Å². The molecule has 0 fully saturated rings. The van der Waals surface area contributed by atoms with E-state index in [4.69, 9.17) is 10.00 Å². The maximum atomic E-state index is 8.51. The van der Waals surface area contributed by atoms with Gasteiger partial charge in [0.15, 0.2) is 6.61 Å². The lowest BCUT2D eigenvalue weighted by Crippen LogP contribution is -2.41. The summed E-state index contributed by atoms with van der Waals surface area (Å²) < 4.78 is 5.30. The summed E-state index contributed by atoms with van der Waals surface area (Å²) in [5.41, 5.74) is 1.17. The van der Waals surface area contributed by atoms with Crippen molar-refractivity contribution in [3.63, 3.8) is 0 Å². The summed E-state index contributed by atoms with van der Waals surface area (Å²) in [4.78, 5) is 2.25. The Balaban J connectivity index is 2.47. The zero-order valence-electron chi connectivity index (χ0n) is 12.9. The number of hydrogen-bond donors (Lipinski definition) is 1. The van der Waals surface area contributed by atoms with Crippen LogP contribution >= 0.6 is 0 Å². The van der Waals surface area contributed by atoms with Crippen LogP contribution in [0.2, 0.25) is 0 Å². The second-order valence-corrected chi connectivity index (χ2v) is 5.50. The third-order valence-corrected chi connectivity index (χ3v) is 3.32. The molecule has 20 heavy (non-hydrogen) atoms. The number of nitrogens with zero attached hydrogens (tertiary/aromatic N) is 2. The van der Waals surface area contributed by atoms with Crippen molar-refractivity contribution in [1.82, 2.24) is 10.2 Å². The molecule has 4 nitrogen and oxygen atoms in total. The molecule has 0 heterocycles. The van der Waals surface area contributed by atoms with Crippen LogP contribution in [-0.2, 0) is 6.54 Å². The topological polar surface area (TPSA) is 48.3 Å². The Morgan fingerprint density at radius 2 is 2.10 bits per heavy atom. The molecule has 1 N–H and O–H groups in total. The molecule has 0 aliphatic rings. The third-order valence-electron chi connectivity index (χ3n) is 3.32. The van der Waals surface area contributed by atoms with E-state index in [9.17, 15) is 0 Å². The predicted octanol–water partition coefficient (Wildman–Crippen LogP) is 2.26. The second-order valence-electron chi connectivity index (χ2n) is 5.50. The van der Waals surface area contributed by atoms with Gasteiger partial charge in [0.25, 0.3) is 0 Å². The number of benzene rings is 1. The van der Waals surface area contributed by atoms with E-state index in [0.717, 1.165) is 18.8 Å². The fourth-order valence-electron chi connectivity index (χ4n) is 2.24. The van der Waals surface area contributed by atoms with Crippen molar-refractivity contribution < 1.29 is 4.74 Å². The summed E-state index contributed by atoms with van der Waals surface area (Å²) in [5, 5.41) is 12.0. The van der Waals surface area contributed by atoms with E-state index in [2.05, 4.69) is 44.2 Å². The fourth-order valence-corrected chi connectivity index (χ4v) is 2.24. The van der Waals surface area contributed by atoms with E-state index in [1.54, 1.807) is 0 Å². The van der Waals surface area contributed by atoms with Crippen molar-refractivity contribution in [3.8, 4) is 11.8 Å². The van der Waals surface area contributed by atoms with Crippen molar-refractivity contribution in [2.45, 2.75) is 26.4 Å². The Morgan fingerprint density at radius 1 is 1.35 bits per heavy atom. The average molecular weight is 275 g/mol. The molecule has 0 aliphatic heterocycles. The maximum Gasteiger partial charge on any atom is 0.174 e. The Labute approximate surface area is 122 Å². The average Bonchev–Trinajstić information content (AvgIpc) is 2.41. The maximum absolute atomic E-state index is 8.51. The van der Waals surface area contributed by atoms with Gasteiger partial charge in [-0.3, -0.25) is 0 Å². The standard InChI is InChI=1S/C16H25N3O/c1-13(2)16(19(3)4)12-18-11-14-6-5-7-15(10-14)20-9-8-17/h5-7,10,13,16,18H,9,11-12H2,1-4H3. The minimum Gasteiger partial charge on any atom is -0.479 e. The summed E-state index contributed by atoms with van der Waals surface area (Å²) in [6.07, 6.45) is 0. The Morgan fingerprint density at radius 3 is 2.70 bits per heavy atom. The Bertz CT molecular complexity index is 430. The van der Waals surface area contributed by atoms with E-state index in [1.165, 1.54) is 5.56 Å². The highest BCUT2D eigenvalue weighted by Gasteiger charge is 2.14. The third kappa shape index (κ3) is 5.60. The lowest BCUT2D eigenvalue weighted by atomic mass is 10.0. The molecule has 4 heteroatoms. The van der Waals surface area contributed by atoms with Crippen molar-refractivity contribution in [2.75, 3.05) is 27.2 Å². The molecule has 0 amide bonds. The smallest absolute Gasteiger partial charge is 0.174 e. The van der Waals surface area contributed by atoms with Gasteiger partial charge in [0.2, 0.25) is 0 Å². The van der Waals surface area contributed by atoms with Crippen LogP contribution in [0.4, 0.5) is 0 Å². The second kappa shape index (κ2) is 8.57. The minimum atomic E-state index is 0.0902. The van der Waals surface area contributed by atoms with Crippen LogP contribution in [0.1, 0.15) is 19.4 Å². The van der Waals surface area contributed by atoms with Gasteiger partial charge in [0.1, 0.15) is 11.8 Å². The van der Waals surface area contributed by atoms with Gasteiger partial charge < -0.3 is 15.0 Å². The van der Waals surface area contributed by atoms with Gasteiger partial charge in [-0.2, -0.15) is 5.26 Å². The monoisotopic (exact) mass is 275 g/mol. The first kappa shape index (κ1) is 16.5. The summed E-state index contributed by atoms with van der Waals surface area (Å²) in [5.74, 6) is 1.36. The van der Waals surface area contributed by atoms with Gasteiger partial charge >= 0.3 is 0 Å². The van der Waals surface area contributed by atoms with Gasteiger partial charge in [-0.1, -0.05) is 26.0 Å². The van der Waals surface area contributed by atoms with Crippen molar-refractivity contribution >= 4 is 0 Å². The highest BCUT2D eigenvalue weighted by Crippen LogP contribution is 2.13. The predicted molar refractivity (Wildman–Crippen MR) is 81.6 cm³/mol. The van der Waals surface area contributed by atoms with Gasteiger partial charge in [-0.05, 0) is 37.7 Å². The van der Waals surface area contributed by atoms with E-state index < -0.39 is 0 Å². The number of ether oxygens (including phenoxy) is 1. The zero-order chi connectivity index (χ0) is 15.0. The summed E-state index contributed by atoms with van der Waals surface area (Å²) in [7, 11) is 4.23. The highest BCUT2D eigenvalue weighted by atomic mass is 16.5. The van der Waals surface area contributed by atoms with E-state index in [1.807, 2.05) is 24.3 Å². The SMILES string of the molecule is CC(C)C(CNCc1cccc(OCC#N)c1)N(C)C. The number of nitriles is 1. The first-order valence-electron chi connectivity index (χ1n) is 7.00. The molecular weight excluding hydrogens is 250 g/mol. The summed E-state index contributed by atoms with van der Waals surface area (Å²) in [6, 6.07) is 10.4. The highest BCUT2D eigenvalue weighted by molar-refractivity contribution is 5.28. The largest absolute Gasteiger partial charge is 0.479 e. The molecule has 1 unspecified atom stereocenters. The Hall–Kier alpha value is -1.57. The molecular formula is C16H25N3O. The number of rotatable bonds is 8. The molecule has 110 valence electrons. The normalized spacial score (nSPS) is 12.4. The summed E-state index contributed by atoms with van der Waals surface area (Å²) >= 11 is 0. The molecule has 1 rings (SSSR count). The molecule has 0 saturated heterocycles. The first-order valence-corrected chi connectivity index (χ1v) is 7.00. The van der Waals surface area contributed by atoms with Gasteiger partial charge in [-0.15, -0.1) is 0 Å². The molecule has 1 atom stereocenters. The molecule has 1 aromatic carbocycles. The van der Waals surface area contributed by atoms with Gasteiger partial charge in [0, 0.05) is 19.1 Å². The van der Waals surface area contributed by atoms with Crippen LogP contribution < -0.4 is 10.1 Å². The lowest BCUT2D eigenvalue weighted by Gasteiger charge is -2.28. The van der Waals surface area contributed by atoms with Crippen LogP contribution in [0, 0.1) is 17.2 Å². The fraction of sp³-hybridized carbons (Fsp3) is 0.562. The molecule has 0 radical (unpaired) electrons. The number of hydrogen-bond acceptors (Lipinski definition) is 4. The van der Waals surface area contributed by atoms with Crippen LogP contribution in [-0.4, -0.2) is 38.2 Å². The van der Waals surface area contributed by atoms with Crippen LogP contribution in [0.15, 0.2) is 24.3 Å². The Kier molecular flexibility index (Phi) is 7.06. The van der Waals surface area contributed by atoms with Crippen molar-refractivity contribution in [1.29, 1.82) is 5.26 Å². The lowest BCUT2D eigenvalue weighted by molar-refractivity contribution is 0.224. The van der Waals surface area contributed by atoms with Gasteiger partial charge in [0.05, 0.1) is 0 Å². The first-order chi connectivity index (χ1) is 9.54. The molecule has 0 bridgehead atoms. The number of nitrogens with one attached hydrogen (secondary N) is 1. The molecule has 0 spiro atoms. The minimum absolute atomic E-state index is 0.0902. The van der Waals surface area contributed by atoms with Gasteiger partial charge in [-0.25, -0.2) is 0 Å². The molecule has 1 aromatic rings. The van der Waals surface area contributed by atoms with Crippen LogP contribution in [0.5, 0.6) is 5.75 Å².